The number of hydrogen-bond acceptors (Lipinski definition) is 11. The highest BCUT2D eigenvalue weighted by molar-refractivity contribution is 7.20. The maximum Gasteiger partial charge on any atom is 0.298 e. The molecular formula is C39H37F2N9O4S. The van der Waals surface area contributed by atoms with Crippen molar-refractivity contribution in [1.29, 1.82) is 0 Å². The van der Waals surface area contributed by atoms with Crippen LogP contribution in [-0.2, 0) is 16.9 Å². The van der Waals surface area contributed by atoms with Gasteiger partial charge in [-0.25, -0.2) is 23.4 Å². The first-order chi connectivity index (χ1) is 26.7. The van der Waals surface area contributed by atoms with Crippen LogP contribution in [0.4, 0.5) is 26.0 Å². The number of likely N-dealkylation sites (tertiary alicyclic amines) is 1. The summed E-state index contributed by atoms with van der Waals surface area (Å²) >= 11 is 1.18. The van der Waals surface area contributed by atoms with Crippen LogP contribution in [0.3, 0.4) is 0 Å². The fourth-order valence-corrected chi connectivity index (χ4v) is 9.05. The SMILES string of the molecule is Nc1nc2sc(C(=O)N[C@@H]3CCN(CC4COC(Cn5cncn5)(c5ccc(F)cc5F)C4)C3)cc2n(-c2ccc3c(c2)N(c2ccccc2)CCO3)c1=O. The van der Waals surface area contributed by atoms with Crippen molar-refractivity contribution in [2.45, 2.75) is 31.0 Å². The number of benzene rings is 3. The molecule has 6 aromatic rings. The normalized spacial score (nSPS) is 21.2. The topological polar surface area (TPSA) is 146 Å². The predicted octanol–water partition coefficient (Wildman–Crippen LogP) is 4.87. The number of hydrogen-bond donors (Lipinski definition) is 2. The van der Waals surface area contributed by atoms with E-state index in [0.717, 1.165) is 30.4 Å². The Bertz CT molecular complexity index is 2440. The minimum Gasteiger partial charge on any atom is -0.490 e. The standard InChI is InChI=1S/C39H37F2N9O4S/c40-25-6-8-29(30(41)14-25)39(21-48-23-43-22-44-48)17-24(20-54-39)18-47-11-10-26(19-47)45-36(51)34-16-32-37(55-34)46-35(42)38(52)50(32)28-7-9-33-31(15-28)49(12-13-53-33)27-4-2-1-3-5-27/h1-9,14-16,22-24,26H,10-13,17-21H2,(H2,42,46)(H,45,51)/t24?,26-,39?/m1/s1. The van der Waals surface area contributed by atoms with Gasteiger partial charge in [0.25, 0.3) is 11.5 Å². The number of nitrogens with one attached hydrogen (secondary N) is 1. The summed E-state index contributed by atoms with van der Waals surface area (Å²) in [6.07, 6.45) is 4.21. The Morgan fingerprint density at radius 3 is 2.75 bits per heavy atom. The average Bonchev–Trinajstić information content (AvgIpc) is 4.01. The van der Waals surface area contributed by atoms with Gasteiger partial charge < -0.3 is 30.3 Å². The lowest BCUT2D eigenvalue weighted by atomic mass is 9.86. The first-order valence-electron chi connectivity index (χ1n) is 18.1. The number of anilines is 3. The molecule has 16 heteroatoms. The van der Waals surface area contributed by atoms with Crippen molar-refractivity contribution in [1.82, 2.24) is 34.5 Å². The molecule has 282 valence electrons. The maximum atomic E-state index is 15.1. The Balaban J connectivity index is 0.902. The number of ether oxygens (including phenoxy) is 2. The van der Waals surface area contributed by atoms with E-state index >= 15 is 4.39 Å². The second kappa shape index (κ2) is 14.2. The number of aromatic nitrogens is 5. The quantitative estimate of drug-likeness (QED) is 0.209. The number of amides is 1. The van der Waals surface area contributed by atoms with Crippen LogP contribution in [-0.4, -0.2) is 80.6 Å². The number of halogens is 2. The largest absolute Gasteiger partial charge is 0.490 e. The van der Waals surface area contributed by atoms with Crippen LogP contribution < -0.4 is 26.2 Å². The van der Waals surface area contributed by atoms with E-state index in [0.29, 0.717) is 71.5 Å². The number of rotatable bonds is 9. The molecule has 3 aliphatic heterocycles. The molecule has 55 heavy (non-hydrogen) atoms. The smallest absolute Gasteiger partial charge is 0.298 e. The Kier molecular flexibility index (Phi) is 9.02. The van der Waals surface area contributed by atoms with Crippen molar-refractivity contribution in [3.63, 3.8) is 0 Å². The van der Waals surface area contributed by atoms with Gasteiger partial charge in [0, 0.05) is 43.0 Å². The van der Waals surface area contributed by atoms with E-state index in [-0.39, 0.29) is 30.2 Å². The molecule has 0 spiro atoms. The maximum absolute atomic E-state index is 15.1. The Labute approximate surface area is 317 Å². The fourth-order valence-electron chi connectivity index (χ4n) is 8.12. The molecule has 0 radical (unpaired) electrons. The zero-order chi connectivity index (χ0) is 37.7. The third-order valence-corrected chi connectivity index (χ3v) is 11.6. The van der Waals surface area contributed by atoms with Crippen molar-refractivity contribution < 1.29 is 23.0 Å². The summed E-state index contributed by atoms with van der Waals surface area (Å²) < 4.78 is 44.4. The zero-order valence-electron chi connectivity index (χ0n) is 29.6. The lowest BCUT2D eigenvalue weighted by molar-refractivity contribution is -0.0205. The van der Waals surface area contributed by atoms with Gasteiger partial charge in [0.15, 0.2) is 5.82 Å². The lowest BCUT2D eigenvalue weighted by Gasteiger charge is -2.31. The zero-order valence-corrected chi connectivity index (χ0v) is 30.4. The highest BCUT2D eigenvalue weighted by Gasteiger charge is 2.45. The molecule has 3 N–H and O–H groups in total. The summed E-state index contributed by atoms with van der Waals surface area (Å²) in [4.78, 5) is 40.9. The molecule has 0 bridgehead atoms. The summed E-state index contributed by atoms with van der Waals surface area (Å²) in [5.74, 6) is -0.965. The number of nitrogens with two attached hydrogens (primary N) is 1. The van der Waals surface area contributed by atoms with Gasteiger partial charge in [-0.05, 0) is 61.2 Å². The van der Waals surface area contributed by atoms with Gasteiger partial charge >= 0.3 is 0 Å². The van der Waals surface area contributed by atoms with Crippen molar-refractivity contribution in [3.05, 3.63) is 118 Å². The van der Waals surface area contributed by atoms with Gasteiger partial charge in [-0.2, -0.15) is 5.10 Å². The molecule has 1 amide bonds. The summed E-state index contributed by atoms with van der Waals surface area (Å²) in [6, 6.07) is 20.7. The monoisotopic (exact) mass is 765 g/mol. The molecule has 3 aromatic carbocycles. The number of nitrogens with zero attached hydrogens (tertiary/aromatic N) is 7. The van der Waals surface area contributed by atoms with E-state index in [9.17, 15) is 14.0 Å². The van der Waals surface area contributed by atoms with Crippen molar-refractivity contribution in [3.8, 4) is 11.4 Å². The number of carbonyl (C=O) groups is 1. The Morgan fingerprint density at radius 1 is 1.05 bits per heavy atom. The van der Waals surface area contributed by atoms with Gasteiger partial charge in [0.1, 0.15) is 47.1 Å². The molecule has 3 aliphatic rings. The molecule has 2 saturated heterocycles. The van der Waals surface area contributed by atoms with Crippen LogP contribution in [0.1, 0.15) is 28.1 Å². The van der Waals surface area contributed by atoms with Gasteiger partial charge in [0.2, 0.25) is 0 Å². The van der Waals surface area contributed by atoms with Crippen LogP contribution >= 0.6 is 11.3 Å². The molecule has 9 rings (SSSR count). The summed E-state index contributed by atoms with van der Waals surface area (Å²) in [5.41, 5.74) is 7.81. The number of carbonyl (C=O) groups excluding carboxylic acids is 1. The highest BCUT2D eigenvalue weighted by atomic mass is 32.1. The summed E-state index contributed by atoms with van der Waals surface area (Å²) in [6.45, 7) is 3.85. The van der Waals surface area contributed by atoms with Crippen LogP contribution in [0, 0.1) is 17.6 Å². The third kappa shape index (κ3) is 6.70. The average molecular weight is 766 g/mol. The van der Waals surface area contributed by atoms with Gasteiger partial charge in [-0.1, -0.05) is 24.3 Å². The molecule has 0 aliphatic carbocycles. The summed E-state index contributed by atoms with van der Waals surface area (Å²) in [7, 11) is 0. The lowest BCUT2D eigenvalue weighted by Crippen LogP contribution is -2.38. The number of para-hydroxylation sites is 1. The van der Waals surface area contributed by atoms with E-state index in [4.69, 9.17) is 15.2 Å². The predicted molar refractivity (Wildman–Crippen MR) is 203 cm³/mol. The van der Waals surface area contributed by atoms with Gasteiger partial charge in [-0.15, -0.1) is 11.3 Å². The Morgan fingerprint density at radius 2 is 1.93 bits per heavy atom. The molecular weight excluding hydrogens is 729 g/mol. The number of nitrogen functional groups attached to an aromatic ring is 1. The van der Waals surface area contributed by atoms with Crippen LogP contribution in [0.25, 0.3) is 16.0 Å². The second-order valence-corrected chi connectivity index (χ2v) is 15.3. The van der Waals surface area contributed by atoms with Crippen LogP contribution in [0.15, 0.2) is 90.2 Å². The van der Waals surface area contributed by atoms with Crippen molar-refractivity contribution in [2.24, 2.45) is 5.92 Å². The summed E-state index contributed by atoms with van der Waals surface area (Å²) in [5, 5.41) is 7.38. The fraction of sp³-hybridized carbons (Fsp3) is 0.308. The van der Waals surface area contributed by atoms with Crippen molar-refractivity contribution >= 4 is 44.8 Å². The Hall–Kier alpha value is -5.71. The molecule has 6 heterocycles. The minimum absolute atomic E-state index is 0.0632. The van der Waals surface area contributed by atoms with Gasteiger partial charge in [0.05, 0.1) is 41.5 Å². The molecule has 2 fully saturated rings. The van der Waals surface area contributed by atoms with E-state index in [2.05, 4.69) is 30.2 Å². The van der Waals surface area contributed by atoms with E-state index in [1.807, 2.05) is 48.5 Å². The third-order valence-electron chi connectivity index (χ3n) is 10.6. The molecule has 13 nitrogen and oxygen atoms in total. The highest BCUT2D eigenvalue weighted by Crippen LogP contribution is 2.43. The molecule has 3 atom stereocenters. The first-order valence-corrected chi connectivity index (χ1v) is 18.9. The molecule has 3 aromatic heterocycles. The van der Waals surface area contributed by atoms with Crippen LogP contribution in [0.5, 0.6) is 5.75 Å². The molecule has 2 unspecified atom stereocenters. The van der Waals surface area contributed by atoms with E-state index < -0.39 is 22.8 Å². The van der Waals surface area contributed by atoms with Gasteiger partial charge in [-0.3, -0.25) is 14.2 Å². The minimum atomic E-state index is -1.03. The first kappa shape index (κ1) is 35.0. The number of fused-ring (bicyclic) bond motifs is 2. The number of thiophene rings is 1. The van der Waals surface area contributed by atoms with Crippen LogP contribution in [0.2, 0.25) is 0 Å². The van der Waals surface area contributed by atoms with E-state index in [1.54, 1.807) is 17.1 Å². The molecule has 0 saturated carbocycles. The van der Waals surface area contributed by atoms with E-state index in [1.165, 1.54) is 34.4 Å². The van der Waals surface area contributed by atoms with Crippen molar-refractivity contribution in [2.75, 3.05) is 50.0 Å². The second-order valence-electron chi connectivity index (χ2n) is 14.2.